The van der Waals surface area contributed by atoms with E-state index in [2.05, 4.69) is 21.2 Å². The number of benzene rings is 1. The zero-order valence-electron chi connectivity index (χ0n) is 11.3. The Morgan fingerprint density at radius 1 is 1.48 bits per heavy atom. The number of amides is 1. The quantitative estimate of drug-likeness (QED) is 0.574. The van der Waals surface area contributed by atoms with Crippen LogP contribution in [-0.2, 0) is 4.79 Å². The van der Waals surface area contributed by atoms with Crippen molar-refractivity contribution in [2.75, 3.05) is 6.54 Å². The second-order valence-corrected chi connectivity index (χ2v) is 5.27. The van der Waals surface area contributed by atoms with Gasteiger partial charge in [-0.3, -0.25) is 19.7 Å². The van der Waals surface area contributed by atoms with E-state index in [-0.39, 0.29) is 34.6 Å². The topological polar surface area (TPSA) is 110 Å². The molecule has 1 unspecified atom stereocenters. The van der Waals surface area contributed by atoms with E-state index in [1.165, 1.54) is 18.2 Å². The summed E-state index contributed by atoms with van der Waals surface area (Å²) in [5, 5.41) is 22.2. The summed E-state index contributed by atoms with van der Waals surface area (Å²) in [6, 6.07) is 4.18. The van der Waals surface area contributed by atoms with Gasteiger partial charge < -0.3 is 10.4 Å². The molecule has 7 nitrogen and oxygen atoms in total. The van der Waals surface area contributed by atoms with Crippen molar-refractivity contribution in [2.24, 2.45) is 5.92 Å². The second-order valence-electron chi connectivity index (χ2n) is 4.48. The summed E-state index contributed by atoms with van der Waals surface area (Å²) in [5.74, 6) is -1.58. The molecule has 0 saturated carbocycles. The number of aliphatic carboxylic acids is 1. The third-order valence-corrected chi connectivity index (χ3v) is 3.85. The molecule has 114 valence electrons. The molecular weight excluding hydrogens is 344 g/mol. The molecule has 1 atom stereocenters. The Balaban J connectivity index is 2.78. The zero-order valence-corrected chi connectivity index (χ0v) is 12.9. The van der Waals surface area contributed by atoms with E-state index < -0.39 is 16.8 Å². The number of carbonyl (C=O) groups is 2. The number of nitro groups is 1. The maximum atomic E-state index is 12.0. The van der Waals surface area contributed by atoms with E-state index in [0.717, 1.165) is 0 Å². The minimum atomic E-state index is -0.923. The van der Waals surface area contributed by atoms with Gasteiger partial charge in [-0.2, -0.15) is 0 Å². The monoisotopic (exact) mass is 358 g/mol. The molecule has 1 amide bonds. The van der Waals surface area contributed by atoms with Gasteiger partial charge in [0.25, 0.3) is 11.6 Å². The fraction of sp³-hybridized carbons (Fsp3) is 0.385. The minimum Gasteiger partial charge on any atom is -0.481 e. The summed E-state index contributed by atoms with van der Waals surface area (Å²) >= 11 is 3.05. The Morgan fingerprint density at radius 2 is 2.14 bits per heavy atom. The van der Waals surface area contributed by atoms with Crippen LogP contribution in [0.5, 0.6) is 0 Å². The molecule has 0 aliphatic rings. The summed E-state index contributed by atoms with van der Waals surface area (Å²) in [4.78, 5) is 32.9. The van der Waals surface area contributed by atoms with E-state index in [1.807, 2.05) is 6.92 Å². The number of nitrogens with one attached hydrogen (secondary N) is 1. The largest absolute Gasteiger partial charge is 0.481 e. The number of nitrogens with zero attached hydrogens (tertiary/aromatic N) is 1. The first-order valence-electron chi connectivity index (χ1n) is 6.29. The van der Waals surface area contributed by atoms with Gasteiger partial charge in [-0.25, -0.2) is 0 Å². The normalized spacial score (nSPS) is 11.7. The smallest absolute Gasteiger partial charge is 0.303 e. The number of carboxylic acid groups (broad SMARTS) is 1. The Hall–Kier alpha value is -1.96. The van der Waals surface area contributed by atoms with Gasteiger partial charge in [0.15, 0.2) is 0 Å². The summed E-state index contributed by atoms with van der Waals surface area (Å²) in [7, 11) is 0. The number of hydrogen-bond donors (Lipinski definition) is 2. The van der Waals surface area contributed by atoms with Crippen LogP contribution in [0.3, 0.4) is 0 Å². The molecular formula is C13H15BrN2O5. The van der Waals surface area contributed by atoms with E-state index in [1.54, 1.807) is 0 Å². The molecule has 0 spiro atoms. The number of rotatable bonds is 7. The fourth-order valence-electron chi connectivity index (χ4n) is 1.78. The lowest BCUT2D eigenvalue weighted by molar-refractivity contribution is -0.385. The first-order chi connectivity index (χ1) is 9.86. The molecule has 21 heavy (non-hydrogen) atoms. The predicted octanol–water partition coefficient (Wildman–Crippen LogP) is 2.59. The fourth-order valence-corrected chi connectivity index (χ4v) is 2.37. The van der Waals surface area contributed by atoms with Crippen molar-refractivity contribution >= 4 is 33.5 Å². The van der Waals surface area contributed by atoms with Gasteiger partial charge >= 0.3 is 5.97 Å². The molecule has 0 aliphatic carbocycles. The van der Waals surface area contributed by atoms with Gasteiger partial charge in [-0.1, -0.05) is 19.4 Å². The summed E-state index contributed by atoms with van der Waals surface area (Å²) < 4.78 is 0.110. The highest BCUT2D eigenvalue weighted by Gasteiger charge is 2.20. The van der Waals surface area contributed by atoms with Crippen molar-refractivity contribution in [3.63, 3.8) is 0 Å². The van der Waals surface area contributed by atoms with E-state index in [0.29, 0.717) is 6.42 Å². The van der Waals surface area contributed by atoms with Crippen LogP contribution in [0.4, 0.5) is 5.69 Å². The molecule has 0 radical (unpaired) electrons. The highest BCUT2D eigenvalue weighted by Crippen LogP contribution is 2.28. The molecule has 0 bridgehead atoms. The van der Waals surface area contributed by atoms with E-state index in [9.17, 15) is 19.7 Å². The number of carboxylic acids is 1. The zero-order chi connectivity index (χ0) is 16.0. The van der Waals surface area contributed by atoms with Crippen molar-refractivity contribution in [3.05, 3.63) is 38.3 Å². The molecule has 0 aromatic heterocycles. The maximum absolute atomic E-state index is 12.0. The second kappa shape index (κ2) is 7.72. The first kappa shape index (κ1) is 17.1. The highest BCUT2D eigenvalue weighted by molar-refractivity contribution is 9.10. The van der Waals surface area contributed by atoms with Crippen LogP contribution in [0, 0.1) is 16.0 Å². The molecule has 2 N–H and O–H groups in total. The first-order valence-corrected chi connectivity index (χ1v) is 7.09. The van der Waals surface area contributed by atoms with Crippen LogP contribution >= 0.6 is 15.9 Å². The van der Waals surface area contributed by atoms with Crippen LogP contribution in [-0.4, -0.2) is 28.5 Å². The third kappa shape index (κ3) is 4.82. The molecule has 0 fully saturated rings. The summed E-state index contributed by atoms with van der Waals surface area (Å²) in [6.07, 6.45) is 0.579. The number of carbonyl (C=O) groups excluding carboxylic acids is 1. The number of hydrogen-bond acceptors (Lipinski definition) is 4. The predicted molar refractivity (Wildman–Crippen MR) is 79.2 cm³/mol. The third-order valence-electron chi connectivity index (χ3n) is 3.01. The lowest BCUT2D eigenvalue weighted by Gasteiger charge is -2.13. The van der Waals surface area contributed by atoms with Crippen molar-refractivity contribution < 1.29 is 19.6 Å². The molecule has 1 aromatic rings. The number of halogens is 1. The van der Waals surface area contributed by atoms with Crippen molar-refractivity contribution in [2.45, 2.75) is 19.8 Å². The van der Waals surface area contributed by atoms with E-state index >= 15 is 0 Å². The van der Waals surface area contributed by atoms with Gasteiger partial charge in [0, 0.05) is 19.0 Å². The minimum absolute atomic E-state index is 0.0348. The summed E-state index contributed by atoms with van der Waals surface area (Å²) in [6.45, 7) is 2.04. The van der Waals surface area contributed by atoms with Crippen LogP contribution in [0.1, 0.15) is 30.1 Å². The van der Waals surface area contributed by atoms with Gasteiger partial charge in [-0.15, -0.1) is 0 Å². The Morgan fingerprint density at radius 3 is 2.67 bits per heavy atom. The SMILES string of the molecule is CCC(CNC(=O)c1cccc([N+](=O)[O-])c1Br)CC(=O)O. The van der Waals surface area contributed by atoms with Crippen LogP contribution in [0.25, 0.3) is 0 Å². The Labute approximate surface area is 129 Å². The lowest BCUT2D eigenvalue weighted by atomic mass is 10.0. The molecule has 1 aromatic carbocycles. The standard InChI is InChI=1S/C13H15BrN2O5/c1-2-8(6-11(17)18)7-15-13(19)9-4-3-5-10(12(9)14)16(20)21/h3-5,8H,2,6-7H2,1H3,(H,15,19)(H,17,18). The van der Waals surface area contributed by atoms with Crippen LogP contribution < -0.4 is 5.32 Å². The molecule has 0 heterocycles. The van der Waals surface area contributed by atoms with Gasteiger partial charge in [0.2, 0.25) is 0 Å². The molecule has 0 saturated heterocycles. The van der Waals surface area contributed by atoms with Crippen LogP contribution in [0.15, 0.2) is 22.7 Å². The molecule has 8 heteroatoms. The van der Waals surface area contributed by atoms with Gasteiger partial charge in [0.1, 0.15) is 4.47 Å². The van der Waals surface area contributed by atoms with Gasteiger partial charge in [-0.05, 0) is 27.9 Å². The van der Waals surface area contributed by atoms with Crippen LogP contribution in [0.2, 0.25) is 0 Å². The molecule has 1 rings (SSSR count). The van der Waals surface area contributed by atoms with E-state index in [4.69, 9.17) is 5.11 Å². The average molecular weight is 359 g/mol. The lowest BCUT2D eigenvalue weighted by Crippen LogP contribution is -2.30. The average Bonchev–Trinajstić information content (AvgIpc) is 2.42. The maximum Gasteiger partial charge on any atom is 0.303 e. The summed E-state index contributed by atoms with van der Waals surface area (Å²) in [5.41, 5.74) is -0.0467. The van der Waals surface area contributed by atoms with Gasteiger partial charge in [0.05, 0.1) is 10.5 Å². The molecule has 0 aliphatic heterocycles. The Kier molecular flexibility index (Phi) is 6.29. The highest BCUT2D eigenvalue weighted by atomic mass is 79.9. The van der Waals surface area contributed by atoms with Crippen molar-refractivity contribution in [1.29, 1.82) is 0 Å². The van der Waals surface area contributed by atoms with Crippen molar-refractivity contribution in [1.82, 2.24) is 5.32 Å². The Bertz CT molecular complexity index is 561. The number of nitro benzene ring substituents is 1. The van der Waals surface area contributed by atoms with Crippen molar-refractivity contribution in [3.8, 4) is 0 Å².